The Balaban J connectivity index is 2.07. The molecule has 3 N–H and O–H groups in total. The van der Waals surface area contributed by atoms with E-state index in [0.29, 0.717) is 36.0 Å². The number of nitrogens with two attached hydrogens (primary N) is 1. The smallest absolute Gasteiger partial charge is 0.256 e. The lowest BCUT2D eigenvalue weighted by atomic mass is 10.1. The fourth-order valence-electron chi connectivity index (χ4n) is 2.45. The predicted octanol–water partition coefficient (Wildman–Crippen LogP) is 2.27. The summed E-state index contributed by atoms with van der Waals surface area (Å²) in [5.74, 6) is 5.40. The monoisotopic (exact) mass is 297 g/mol. The van der Waals surface area contributed by atoms with E-state index in [9.17, 15) is 4.79 Å². The van der Waals surface area contributed by atoms with Gasteiger partial charge in [-0.1, -0.05) is 11.6 Å². The molecule has 1 saturated heterocycles. The molecule has 0 bridgehead atoms. The Hall–Kier alpha value is -1.30. The summed E-state index contributed by atoms with van der Waals surface area (Å²) in [5.41, 5.74) is 3.64. The van der Waals surface area contributed by atoms with Crippen LogP contribution in [0, 0.1) is 0 Å². The number of carbonyl (C=O) groups excluding carboxylic acids is 1. The Morgan fingerprint density at radius 3 is 2.80 bits per heavy atom. The Labute approximate surface area is 124 Å². The highest BCUT2D eigenvalue weighted by molar-refractivity contribution is 6.31. The second kappa shape index (κ2) is 6.92. The van der Waals surface area contributed by atoms with Gasteiger partial charge in [-0.2, -0.15) is 0 Å². The molecular weight excluding hydrogens is 278 g/mol. The molecule has 6 heteroatoms. The summed E-state index contributed by atoms with van der Waals surface area (Å²) in [4.78, 5) is 14.3. The molecule has 1 aromatic carbocycles. The van der Waals surface area contributed by atoms with Crippen molar-refractivity contribution in [3.63, 3.8) is 0 Å². The first-order valence-corrected chi connectivity index (χ1v) is 7.20. The minimum Gasteiger partial charge on any atom is -0.378 e. The van der Waals surface area contributed by atoms with Crippen LogP contribution in [0.2, 0.25) is 5.02 Å². The van der Waals surface area contributed by atoms with Gasteiger partial charge in [0.1, 0.15) is 0 Å². The number of nitrogen functional groups attached to an aromatic ring is 1. The highest BCUT2D eigenvalue weighted by atomic mass is 35.5. The summed E-state index contributed by atoms with van der Waals surface area (Å²) in [6.45, 7) is 4.09. The number of likely N-dealkylation sites (tertiary alicyclic amines) is 1. The number of hydrazine groups is 1. The maximum atomic E-state index is 12.5. The molecule has 1 amide bonds. The van der Waals surface area contributed by atoms with Gasteiger partial charge in [0.2, 0.25) is 0 Å². The van der Waals surface area contributed by atoms with Crippen LogP contribution in [0.15, 0.2) is 18.2 Å². The molecule has 1 aliphatic heterocycles. The molecule has 0 radical (unpaired) electrons. The number of amides is 1. The molecule has 0 unspecified atom stereocenters. The van der Waals surface area contributed by atoms with E-state index in [1.54, 1.807) is 18.2 Å². The van der Waals surface area contributed by atoms with Crippen molar-refractivity contribution in [2.45, 2.75) is 25.9 Å². The van der Waals surface area contributed by atoms with Crippen molar-refractivity contribution in [3.05, 3.63) is 28.8 Å². The van der Waals surface area contributed by atoms with E-state index in [2.05, 4.69) is 5.43 Å². The zero-order valence-corrected chi connectivity index (χ0v) is 12.3. The van der Waals surface area contributed by atoms with Gasteiger partial charge >= 0.3 is 0 Å². The van der Waals surface area contributed by atoms with Crippen LogP contribution >= 0.6 is 11.6 Å². The number of ether oxygens (including phenoxy) is 1. The van der Waals surface area contributed by atoms with Crippen molar-refractivity contribution in [2.24, 2.45) is 5.84 Å². The van der Waals surface area contributed by atoms with E-state index in [1.807, 2.05) is 11.8 Å². The lowest BCUT2D eigenvalue weighted by Gasteiger charge is -2.32. The topological polar surface area (TPSA) is 67.6 Å². The Bertz CT molecular complexity index is 473. The molecule has 1 aliphatic rings. The summed E-state index contributed by atoms with van der Waals surface area (Å²) < 4.78 is 5.59. The molecular formula is C14H20ClN3O2. The van der Waals surface area contributed by atoms with E-state index in [0.717, 1.165) is 12.8 Å². The number of hydrogen-bond donors (Lipinski definition) is 2. The number of hydrogen-bond acceptors (Lipinski definition) is 4. The number of nitrogens with one attached hydrogen (secondary N) is 1. The average molecular weight is 298 g/mol. The van der Waals surface area contributed by atoms with Crippen LogP contribution in [0.4, 0.5) is 5.69 Å². The van der Waals surface area contributed by atoms with E-state index < -0.39 is 0 Å². The molecule has 1 fully saturated rings. The summed E-state index contributed by atoms with van der Waals surface area (Å²) in [6.07, 6.45) is 1.99. The number of carbonyl (C=O) groups is 1. The van der Waals surface area contributed by atoms with Crippen LogP contribution in [-0.4, -0.2) is 36.6 Å². The van der Waals surface area contributed by atoms with Crippen molar-refractivity contribution in [1.29, 1.82) is 0 Å². The van der Waals surface area contributed by atoms with Crippen LogP contribution < -0.4 is 11.3 Å². The van der Waals surface area contributed by atoms with Gasteiger partial charge in [-0.3, -0.25) is 10.6 Å². The van der Waals surface area contributed by atoms with Gasteiger partial charge in [0, 0.05) is 24.7 Å². The zero-order chi connectivity index (χ0) is 14.5. The van der Waals surface area contributed by atoms with Crippen molar-refractivity contribution in [3.8, 4) is 0 Å². The minimum atomic E-state index is -0.0459. The summed E-state index contributed by atoms with van der Waals surface area (Å²) >= 11 is 5.96. The van der Waals surface area contributed by atoms with Crippen LogP contribution in [-0.2, 0) is 4.74 Å². The van der Waals surface area contributed by atoms with Crippen LogP contribution in [0.25, 0.3) is 0 Å². The molecule has 2 rings (SSSR count). The van der Waals surface area contributed by atoms with E-state index in [1.165, 1.54) is 0 Å². The average Bonchev–Trinajstić information content (AvgIpc) is 2.47. The molecule has 5 nitrogen and oxygen atoms in total. The quantitative estimate of drug-likeness (QED) is 0.661. The third kappa shape index (κ3) is 3.42. The van der Waals surface area contributed by atoms with Crippen LogP contribution in [0.1, 0.15) is 30.1 Å². The van der Waals surface area contributed by atoms with Gasteiger partial charge < -0.3 is 15.1 Å². The van der Waals surface area contributed by atoms with Crippen LogP contribution in [0.3, 0.4) is 0 Å². The normalized spacial score (nSPS) is 16.2. The maximum absolute atomic E-state index is 12.5. The first-order valence-electron chi connectivity index (χ1n) is 6.82. The van der Waals surface area contributed by atoms with Gasteiger partial charge in [0.25, 0.3) is 5.91 Å². The molecule has 1 heterocycles. The Morgan fingerprint density at radius 1 is 1.50 bits per heavy atom. The van der Waals surface area contributed by atoms with Crippen molar-refractivity contribution in [1.82, 2.24) is 4.90 Å². The number of nitrogens with zero attached hydrogens (tertiary/aromatic N) is 1. The second-order valence-electron chi connectivity index (χ2n) is 4.78. The van der Waals surface area contributed by atoms with E-state index >= 15 is 0 Å². The Kier molecular flexibility index (Phi) is 5.23. The predicted molar refractivity (Wildman–Crippen MR) is 79.8 cm³/mol. The highest BCUT2D eigenvalue weighted by Crippen LogP contribution is 2.23. The molecule has 0 aliphatic carbocycles. The van der Waals surface area contributed by atoms with Gasteiger partial charge in [-0.15, -0.1) is 0 Å². The summed E-state index contributed by atoms with van der Waals surface area (Å²) in [5, 5.41) is 0.525. The second-order valence-corrected chi connectivity index (χ2v) is 5.22. The van der Waals surface area contributed by atoms with Crippen LogP contribution in [0.5, 0.6) is 0 Å². The first kappa shape index (κ1) is 15.1. The van der Waals surface area contributed by atoms with Gasteiger partial charge in [-0.25, -0.2) is 0 Å². The van der Waals surface area contributed by atoms with Gasteiger partial charge in [-0.05, 0) is 38.0 Å². The molecule has 1 aromatic rings. The molecule has 0 spiro atoms. The fraction of sp³-hybridized carbons (Fsp3) is 0.500. The van der Waals surface area contributed by atoms with Gasteiger partial charge in [0.05, 0.1) is 17.4 Å². The molecule has 20 heavy (non-hydrogen) atoms. The van der Waals surface area contributed by atoms with Gasteiger partial charge in [0.15, 0.2) is 0 Å². The third-order valence-corrected chi connectivity index (χ3v) is 3.73. The summed E-state index contributed by atoms with van der Waals surface area (Å²) in [7, 11) is 0. The number of piperidine rings is 1. The SMILES string of the molecule is CCOC1CCN(C(=O)c2cc(Cl)ccc2NN)CC1. The highest BCUT2D eigenvalue weighted by Gasteiger charge is 2.25. The lowest BCUT2D eigenvalue weighted by Crippen LogP contribution is -2.41. The summed E-state index contributed by atoms with van der Waals surface area (Å²) in [6, 6.07) is 5.06. The number of benzene rings is 1. The molecule has 0 atom stereocenters. The minimum absolute atomic E-state index is 0.0459. The zero-order valence-electron chi connectivity index (χ0n) is 11.6. The fourth-order valence-corrected chi connectivity index (χ4v) is 2.62. The lowest BCUT2D eigenvalue weighted by molar-refractivity contribution is 0.0146. The van der Waals surface area contributed by atoms with Crippen molar-refractivity contribution in [2.75, 3.05) is 25.1 Å². The molecule has 0 saturated carbocycles. The van der Waals surface area contributed by atoms with E-state index in [-0.39, 0.29) is 12.0 Å². The molecule has 110 valence electrons. The number of rotatable bonds is 4. The largest absolute Gasteiger partial charge is 0.378 e. The van der Waals surface area contributed by atoms with Crippen molar-refractivity contribution >= 4 is 23.2 Å². The molecule has 0 aromatic heterocycles. The van der Waals surface area contributed by atoms with Crippen molar-refractivity contribution < 1.29 is 9.53 Å². The maximum Gasteiger partial charge on any atom is 0.256 e. The number of anilines is 1. The third-order valence-electron chi connectivity index (χ3n) is 3.50. The van der Waals surface area contributed by atoms with E-state index in [4.69, 9.17) is 22.2 Å². The first-order chi connectivity index (χ1) is 9.65. The number of halogens is 1. The standard InChI is InChI=1S/C14H20ClN3O2/c1-2-20-11-5-7-18(8-6-11)14(19)12-9-10(15)3-4-13(12)17-16/h3-4,9,11,17H,2,5-8,16H2,1H3. The Morgan fingerprint density at radius 2 is 2.20 bits per heavy atom.